The summed E-state index contributed by atoms with van der Waals surface area (Å²) < 4.78 is 36.6. The van der Waals surface area contributed by atoms with Crippen LogP contribution in [-0.2, 0) is 6.18 Å². The highest BCUT2D eigenvalue weighted by Gasteiger charge is 2.32. The van der Waals surface area contributed by atoms with Crippen molar-refractivity contribution in [2.24, 2.45) is 0 Å². The molecule has 0 nitrogen and oxygen atoms in total. The van der Waals surface area contributed by atoms with Crippen molar-refractivity contribution in [3.05, 3.63) is 29.3 Å². The number of hydrogen-bond donors (Lipinski definition) is 1. The molecule has 4 heteroatoms. The standard InChI is InChI=1S/C8H7F3S.C2H6/c1-5-2-3-6(12)4-7(5)8(9,10)11;1-2/h2-4,12H,1H3;1-2H3. The Bertz CT molecular complexity index is 292. The lowest BCUT2D eigenvalue weighted by atomic mass is 10.1. The van der Waals surface area contributed by atoms with Crippen LogP contribution < -0.4 is 0 Å². The van der Waals surface area contributed by atoms with Crippen molar-refractivity contribution in [1.82, 2.24) is 0 Å². The molecule has 0 N–H and O–H groups in total. The third-order valence-corrected chi connectivity index (χ3v) is 1.80. The maximum absolute atomic E-state index is 12.2. The number of thiol groups is 1. The molecule has 0 spiro atoms. The van der Waals surface area contributed by atoms with Crippen LogP contribution >= 0.6 is 12.6 Å². The van der Waals surface area contributed by atoms with Crippen LogP contribution in [0, 0.1) is 6.92 Å². The van der Waals surface area contributed by atoms with Gasteiger partial charge < -0.3 is 0 Å². The van der Waals surface area contributed by atoms with Gasteiger partial charge in [0.15, 0.2) is 0 Å². The predicted molar refractivity (Wildman–Crippen MR) is 54.8 cm³/mol. The Kier molecular flexibility index (Phi) is 5.05. The molecule has 0 unspecified atom stereocenters. The number of rotatable bonds is 0. The maximum Gasteiger partial charge on any atom is 0.416 e. The molecule has 0 heterocycles. The summed E-state index contributed by atoms with van der Waals surface area (Å²) in [5.41, 5.74) is -0.393. The molecule has 0 aromatic heterocycles. The van der Waals surface area contributed by atoms with Crippen molar-refractivity contribution < 1.29 is 13.2 Å². The number of hydrogen-bond acceptors (Lipinski definition) is 1. The van der Waals surface area contributed by atoms with Gasteiger partial charge in [0, 0.05) is 4.90 Å². The molecule has 80 valence electrons. The highest BCUT2D eigenvalue weighted by atomic mass is 32.1. The summed E-state index contributed by atoms with van der Waals surface area (Å²) in [7, 11) is 0. The van der Waals surface area contributed by atoms with Crippen molar-refractivity contribution in [3.63, 3.8) is 0 Å². The van der Waals surface area contributed by atoms with Crippen LogP contribution in [-0.4, -0.2) is 0 Å². The van der Waals surface area contributed by atoms with E-state index in [4.69, 9.17) is 0 Å². The fraction of sp³-hybridized carbons (Fsp3) is 0.400. The minimum Gasteiger partial charge on any atom is -0.166 e. The van der Waals surface area contributed by atoms with Gasteiger partial charge in [0.05, 0.1) is 5.56 Å². The first-order chi connectivity index (χ1) is 6.41. The Morgan fingerprint density at radius 1 is 1.14 bits per heavy atom. The van der Waals surface area contributed by atoms with E-state index in [1.165, 1.54) is 19.1 Å². The molecule has 0 atom stereocenters. The molecule has 0 aliphatic carbocycles. The van der Waals surface area contributed by atoms with Gasteiger partial charge in [-0.1, -0.05) is 19.9 Å². The van der Waals surface area contributed by atoms with Crippen LogP contribution in [0.25, 0.3) is 0 Å². The second-order valence-electron chi connectivity index (χ2n) is 2.50. The lowest BCUT2D eigenvalue weighted by Crippen LogP contribution is -2.07. The lowest BCUT2D eigenvalue weighted by Gasteiger charge is -2.09. The van der Waals surface area contributed by atoms with Gasteiger partial charge in [-0.25, -0.2) is 0 Å². The minimum atomic E-state index is -4.27. The summed E-state index contributed by atoms with van der Waals surface area (Å²) >= 11 is 3.83. The minimum absolute atomic E-state index is 0.223. The summed E-state index contributed by atoms with van der Waals surface area (Å²) in [5, 5.41) is 0. The normalized spacial score (nSPS) is 10.5. The Balaban J connectivity index is 0.000000791. The van der Waals surface area contributed by atoms with Crippen molar-refractivity contribution in [3.8, 4) is 0 Å². The van der Waals surface area contributed by atoms with E-state index in [2.05, 4.69) is 12.6 Å². The molecule has 0 radical (unpaired) electrons. The second kappa shape index (κ2) is 5.29. The molecule has 0 bridgehead atoms. The molecule has 1 rings (SSSR count). The molecule has 14 heavy (non-hydrogen) atoms. The summed E-state index contributed by atoms with van der Waals surface area (Å²) in [6.45, 7) is 5.43. The molecular formula is C10H13F3S. The average molecular weight is 222 g/mol. The van der Waals surface area contributed by atoms with Crippen molar-refractivity contribution in [1.29, 1.82) is 0 Å². The van der Waals surface area contributed by atoms with Gasteiger partial charge >= 0.3 is 6.18 Å². The lowest BCUT2D eigenvalue weighted by molar-refractivity contribution is -0.138. The quantitative estimate of drug-likeness (QED) is 0.620. The maximum atomic E-state index is 12.2. The summed E-state index contributed by atoms with van der Waals surface area (Å²) in [4.78, 5) is 0.327. The van der Waals surface area contributed by atoms with E-state index >= 15 is 0 Å². The molecule has 0 aliphatic heterocycles. The highest BCUT2D eigenvalue weighted by molar-refractivity contribution is 7.80. The Morgan fingerprint density at radius 2 is 1.64 bits per heavy atom. The number of alkyl halides is 3. The number of benzene rings is 1. The smallest absolute Gasteiger partial charge is 0.166 e. The Morgan fingerprint density at radius 3 is 2.00 bits per heavy atom. The number of halogens is 3. The Labute approximate surface area is 87.5 Å². The largest absolute Gasteiger partial charge is 0.416 e. The number of aryl methyl sites for hydroxylation is 1. The molecular weight excluding hydrogens is 209 g/mol. The Hall–Kier alpha value is -0.640. The van der Waals surface area contributed by atoms with E-state index in [0.717, 1.165) is 6.07 Å². The third kappa shape index (κ3) is 3.62. The zero-order valence-corrected chi connectivity index (χ0v) is 9.21. The van der Waals surface area contributed by atoms with Crippen LogP contribution in [0.3, 0.4) is 0 Å². The van der Waals surface area contributed by atoms with E-state index in [-0.39, 0.29) is 5.56 Å². The molecule has 0 saturated heterocycles. The van der Waals surface area contributed by atoms with Crippen LogP contribution in [0.5, 0.6) is 0 Å². The van der Waals surface area contributed by atoms with Crippen LogP contribution in [0.1, 0.15) is 25.0 Å². The molecule has 0 saturated carbocycles. The fourth-order valence-electron chi connectivity index (χ4n) is 0.915. The highest BCUT2D eigenvalue weighted by Crippen LogP contribution is 2.32. The average Bonchev–Trinajstić information content (AvgIpc) is 2.11. The molecule has 1 aromatic carbocycles. The fourth-order valence-corrected chi connectivity index (χ4v) is 1.12. The SMILES string of the molecule is CC.Cc1ccc(S)cc1C(F)(F)F. The summed E-state index contributed by atoms with van der Waals surface area (Å²) in [5.74, 6) is 0. The van der Waals surface area contributed by atoms with Gasteiger partial charge in [0.25, 0.3) is 0 Å². The van der Waals surface area contributed by atoms with Crippen molar-refractivity contribution >= 4 is 12.6 Å². The van der Waals surface area contributed by atoms with Crippen molar-refractivity contribution in [2.45, 2.75) is 31.8 Å². The summed E-state index contributed by atoms with van der Waals surface area (Å²) in [6.07, 6.45) is -4.27. The van der Waals surface area contributed by atoms with Crippen LogP contribution in [0.2, 0.25) is 0 Å². The first-order valence-corrected chi connectivity index (χ1v) is 4.73. The molecule has 0 amide bonds. The predicted octanol–water partition coefficient (Wildman–Crippen LogP) is 4.33. The third-order valence-electron chi connectivity index (χ3n) is 1.53. The van der Waals surface area contributed by atoms with Gasteiger partial charge in [-0.05, 0) is 24.6 Å². The molecule has 0 fully saturated rings. The van der Waals surface area contributed by atoms with E-state index < -0.39 is 11.7 Å². The van der Waals surface area contributed by atoms with E-state index in [1.807, 2.05) is 13.8 Å². The first-order valence-electron chi connectivity index (χ1n) is 4.28. The van der Waals surface area contributed by atoms with Gasteiger partial charge in [0.2, 0.25) is 0 Å². The molecule has 1 aromatic rings. The monoisotopic (exact) mass is 222 g/mol. The van der Waals surface area contributed by atoms with Gasteiger partial charge in [-0.15, -0.1) is 12.6 Å². The van der Waals surface area contributed by atoms with Crippen molar-refractivity contribution in [2.75, 3.05) is 0 Å². The van der Waals surface area contributed by atoms with Gasteiger partial charge in [-0.2, -0.15) is 13.2 Å². The van der Waals surface area contributed by atoms with E-state index in [9.17, 15) is 13.2 Å². The first kappa shape index (κ1) is 13.4. The van der Waals surface area contributed by atoms with E-state index in [1.54, 1.807) is 0 Å². The molecule has 0 aliphatic rings. The topological polar surface area (TPSA) is 0 Å². The van der Waals surface area contributed by atoms with E-state index in [0.29, 0.717) is 4.90 Å². The summed E-state index contributed by atoms with van der Waals surface area (Å²) in [6, 6.07) is 3.97. The zero-order valence-electron chi connectivity index (χ0n) is 8.31. The second-order valence-corrected chi connectivity index (χ2v) is 3.01. The van der Waals surface area contributed by atoms with Crippen LogP contribution in [0.4, 0.5) is 13.2 Å². The van der Waals surface area contributed by atoms with Gasteiger partial charge in [-0.3, -0.25) is 0 Å². The van der Waals surface area contributed by atoms with Gasteiger partial charge in [0.1, 0.15) is 0 Å². The zero-order chi connectivity index (χ0) is 11.4. The van der Waals surface area contributed by atoms with Crippen LogP contribution in [0.15, 0.2) is 23.1 Å².